The molecule has 0 radical (unpaired) electrons. The van der Waals surface area contributed by atoms with Crippen molar-refractivity contribution >= 4 is 5.91 Å². The highest BCUT2D eigenvalue weighted by Crippen LogP contribution is 2.20. The summed E-state index contributed by atoms with van der Waals surface area (Å²) in [5.41, 5.74) is 5.35. The second kappa shape index (κ2) is 6.39. The summed E-state index contributed by atoms with van der Waals surface area (Å²) in [6.07, 6.45) is 2.76. The Bertz CT molecular complexity index is 425. The molecule has 0 bridgehead atoms. The number of hydrogen-bond donors (Lipinski definition) is 2. The summed E-state index contributed by atoms with van der Waals surface area (Å²) in [5.74, 6) is 0.715. The van der Waals surface area contributed by atoms with Crippen LogP contribution in [0.5, 0.6) is 0 Å². The van der Waals surface area contributed by atoms with Crippen LogP contribution in [0.25, 0.3) is 0 Å². The third-order valence-electron chi connectivity index (χ3n) is 3.79. The predicted molar refractivity (Wildman–Crippen MR) is 75.1 cm³/mol. The van der Waals surface area contributed by atoms with Crippen molar-refractivity contribution in [3.05, 3.63) is 24.2 Å². The molecule has 0 aliphatic carbocycles. The van der Waals surface area contributed by atoms with Crippen molar-refractivity contribution in [2.75, 3.05) is 33.9 Å². The van der Waals surface area contributed by atoms with E-state index >= 15 is 0 Å². The Balaban J connectivity index is 1.94. The fourth-order valence-corrected chi connectivity index (χ4v) is 2.35. The minimum absolute atomic E-state index is 0.00242. The number of furan rings is 1. The Kier molecular flexibility index (Phi) is 4.80. The molecular formula is C14H23N3O3. The minimum atomic E-state index is -0.807. The standard InChI is InChI=1S/C14H23N3O3/c1-17(2)11(12-4-3-7-20-12)10-16-13(18)14(15)5-8-19-9-6-14/h3-4,7,11H,5-6,8-10,15H2,1-2H3,(H,16,18). The van der Waals surface area contributed by atoms with Crippen LogP contribution in [0.2, 0.25) is 0 Å². The summed E-state index contributed by atoms with van der Waals surface area (Å²) < 4.78 is 10.7. The zero-order chi connectivity index (χ0) is 14.6. The molecule has 1 aliphatic rings. The Hall–Kier alpha value is -1.37. The zero-order valence-electron chi connectivity index (χ0n) is 12.1. The fourth-order valence-electron chi connectivity index (χ4n) is 2.35. The van der Waals surface area contributed by atoms with Crippen LogP contribution in [0, 0.1) is 0 Å². The van der Waals surface area contributed by atoms with Crippen molar-refractivity contribution in [3.8, 4) is 0 Å². The monoisotopic (exact) mass is 281 g/mol. The maximum atomic E-state index is 12.3. The lowest BCUT2D eigenvalue weighted by Gasteiger charge is -2.32. The molecule has 1 fully saturated rings. The summed E-state index contributed by atoms with van der Waals surface area (Å²) in [5, 5.41) is 2.94. The van der Waals surface area contributed by atoms with Crippen LogP contribution in [-0.4, -0.2) is 50.2 Å². The molecule has 1 amide bonds. The van der Waals surface area contributed by atoms with Gasteiger partial charge in [-0.15, -0.1) is 0 Å². The minimum Gasteiger partial charge on any atom is -0.468 e. The van der Waals surface area contributed by atoms with Crippen molar-refractivity contribution < 1.29 is 13.9 Å². The van der Waals surface area contributed by atoms with Gasteiger partial charge in [-0.2, -0.15) is 0 Å². The van der Waals surface area contributed by atoms with Crippen molar-refractivity contribution in [2.24, 2.45) is 5.73 Å². The van der Waals surface area contributed by atoms with Crippen molar-refractivity contribution in [2.45, 2.75) is 24.4 Å². The van der Waals surface area contributed by atoms with Gasteiger partial charge >= 0.3 is 0 Å². The highest BCUT2D eigenvalue weighted by Gasteiger charge is 2.36. The Morgan fingerprint density at radius 3 is 2.75 bits per heavy atom. The van der Waals surface area contributed by atoms with Crippen LogP contribution in [0.4, 0.5) is 0 Å². The van der Waals surface area contributed by atoms with Crippen LogP contribution < -0.4 is 11.1 Å². The van der Waals surface area contributed by atoms with E-state index in [4.69, 9.17) is 14.9 Å². The van der Waals surface area contributed by atoms with Gasteiger partial charge in [0.1, 0.15) is 5.76 Å². The molecule has 6 heteroatoms. The van der Waals surface area contributed by atoms with E-state index in [1.807, 2.05) is 31.1 Å². The Morgan fingerprint density at radius 1 is 1.50 bits per heavy atom. The lowest BCUT2D eigenvalue weighted by atomic mass is 9.90. The van der Waals surface area contributed by atoms with Crippen LogP contribution in [0.3, 0.4) is 0 Å². The number of nitrogens with one attached hydrogen (secondary N) is 1. The van der Waals surface area contributed by atoms with E-state index in [-0.39, 0.29) is 11.9 Å². The fraction of sp³-hybridized carbons (Fsp3) is 0.643. The van der Waals surface area contributed by atoms with Gasteiger partial charge in [-0.3, -0.25) is 9.69 Å². The summed E-state index contributed by atoms with van der Waals surface area (Å²) in [6, 6.07) is 3.75. The number of hydrogen-bond acceptors (Lipinski definition) is 5. The third-order valence-corrected chi connectivity index (χ3v) is 3.79. The maximum absolute atomic E-state index is 12.3. The average Bonchev–Trinajstić information content (AvgIpc) is 2.93. The topological polar surface area (TPSA) is 80.7 Å². The van der Waals surface area contributed by atoms with Crippen LogP contribution >= 0.6 is 0 Å². The number of nitrogens with zero attached hydrogens (tertiary/aromatic N) is 1. The van der Waals surface area contributed by atoms with Gasteiger partial charge in [-0.1, -0.05) is 0 Å². The van der Waals surface area contributed by atoms with Gasteiger partial charge in [0.15, 0.2) is 0 Å². The number of carbonyl (C=O) groups excluding carboxylic acids is 1. The molecule has 0 saturated carbocycles. The molecule has 3 N–H and O–H groups in total. The molecule has 1 aliphatic heterocycles. The van der Waals surface area contributed by atoms with E-state index in [9.17, 15) is 4.79 Å². The Labute approximate surface area is 119 Å². The molecule has 1 aromatic heterocycles. The van der Waals surface area contributed by atoms with Gasteiger partial charge < -0.3 is 20.2 Å². The first kappa shape index (κ1) is 15.0. The molecule has 1 atom stereocenters. The lowest BCUT2D eigenvalue weighted by Crippen LogP contribution is -2.57. The molecule has 2 rings (SSSR count). The molecule has 1 saturated heterocycles. The number of likely N-dealkylation sites (N-methyl/N-ethyl adjacent to an activating group) is 1. The van der Waals surface area contributed by atoms with Gasteiger partial charge in [-0.25, -0.2) is 0 Å². The summed E-state index contributed by atoms with van der Waals surface area (Å²) in [6.45, 7) is 1.55. The number of amides is 1. The van der Waals surface area contributed by atoms with Crippen LogP contribution in [0.15, 0.2) is 22.8 Å². The first-order valence-corrected chi connectivity index (χ1v) is 6.88. The van der Waals surface area contributed by atoms with Gasteiger partial charge in [0, 0.05) is 19.8 Å². The first-order valence-electron chi connectivity index (χ1n) is 6.88. The van der Waals surface area contributed by atoms with Gasteiger partial charge in [0.25, 0.3) is 0 Å². The molecule has 2 heterocycles. The van der Waals surface area contributed by atoms with Crippen molar-refractivity contribution in [1.82, 2.24) is 10.2 Å². The molecule has 1 unspecified atom stereocenters. The van der Waals surface area contributed by atoms with E-state index in [1.54, 1.807) is 6.26 Å². The number of ether oxygens (including phenoxy) is 1. The number of rotatable bonds is 5. The summed E-state index contributed by atoms with van der Waals surface area (Å²) in [7, 11) is 3.90. The lowest BCUT2D eigenvalue weighted by molar-refractivity contribution is -0.130. The first-order chi connectivity index (χ1) is 9.53. The highest BCUT2D eigenvalue weighted by molar-refractivity contribution is 5.86. The van der Waals surface area contributed by atoms with E-state index in [0.29, 0.717) is 32.6 Å². The Morgan fingerprint density at radius 2 is 2.20 bits per heavy atom. The van der Waals surface area contributed by atoms with Crippen molar-refractivity contribution in [3.63, 3.8) is 0 Å². The number of nitrogens with two attached hydrogens (primary N) is 1. The second-order valence-electron chi connectivity index (χ2n) is 5.47. The largest absolute Gasteiger partial charge is 0.468 e. The van der Waals surface area contributed by atoms with E-state index < -0.39 is 5.54 Å². The highest BCUT2D eigenvalue weighted by atomic mass is 16.5. The van der Waals surface area contributed by atoms with Gasteiger partial charge in [-0.05, 0) is 39.1 Å². The maximum Gasteiger partial charge on any atom is 0.240 e. The summed E-state index contributed by atoms with van der Waals surface area (Å²) in [4.78, 5) is 14.3. The normalized spacial score (nSPS) is 19.8. The SMILES string of the molecule is CN(C)C(CNC(=O)C1(N)CCOCC1)c1ccco1. The van der Waals surface area contributed by atoms with E-state index in [0.717, 1.165) is 5.76 Å². The average molecular weight is 281 g/mol. The second-order valence-corrected chi connectivity index (χ2v) is 5.47. The molecule has 1 aromatic rings. The molecule has 20 heavy (non-hydrogen) atoms. The number of carbonyl (C=O) groups is 1. The quantitative estimate of drug-likeness (QED) is 0.822. The predicted octanol–water partition coefficient (Wildman–Crippen LogP) is 0.506. The summed E-state index contributed by atoms with van der Waals surface area (Å²) >= 11 is 0. The van der Waals surface area contributed by atoms with Crippen LogP contribution in [0.1, 0.15) is 24.6 Å². The molecule has 6 nitrogen and oxygen atoms in total. The van der Waals surface area contributed by atoms with E-state index in [2.05, 4.69) is 5.32 Å². The third kappa shape index (κ3) is 3.39. The zero-order valence-corrected chi connectivity index (χ0v) is 12.1. The molecule has 112 valence electrons. The molecular weight excluding hydrogens is 258 g/mol. The molecule has 0 aromatic carbocycles. The van der Waals surface area contributed by atoms with Gasteiger partial charge in [0.2, 0.25) is 5.91 Å². The molecule has 0 spiro atoms. The van der Waals surface area contributed by atoms with Crippen molar-refractivity contribution in [1.29, 1.82) is 0 Å². The van der Waals surface area contributed by atoms with Gasteiger partial charge in [0.05, 0.1) is 17.8 Å². The smallest absolute Gasteiger partial charge is 0.240 e. The van der Waals surface area contributed by atoms with Crippen LogP contribution in [-0.2, 0) is 9.53 Å². The van der Waals surface area contributed by atoms with E-state index in [1.165, 1.54) is 0 Å².